The molecule has 0 aromatic heterocycles. The Morgan fingerprint density at radius 1 is 1.53 bits per heavy atom. The quantitative estimate of drug-likeness (QED) is 0.630. The lowest BCUT2D eigenvalue weighted by atomic mass is 10.1. The number of rotatable bonds is 4. The van der Waals surface area contributed by atoms with Crippen molar-refractivity contribution < 1.29 is 9.72 Å². The van der Waals surface area contributed by atoms with E-state index in [2.05, 4.69) is 22.9 Å². The first-order chi connectivity index (χ1) is 9.01. The van der Waals surface area contributed by atoms with Crippen LogP contribution in [0.1, 0.15) is 25.3 Å². The second-order valence-corrected chi connectivity index (χ2v) is 5.65. The number of likely N-dealkylation sites (tertiary alicyclic amines) is 1. The molecule has 1 saturated heterocycles. The Balaban J connectivity index is 2.14. The Morgan fingerprint density at radius 2 is 2.26 bits per heavy atom. The first-order valence-electron chi connectivity index (χ1n) is 6.21. The minimum Gasteiger partial charge on any atom is -0.338 e. The van der Waals surface area contributed by atoms with E-state index in [1.54, 1.807) is 11.0 Å². The first kappa shape index (κ1) is 14.0. The van der Waals surface area contributed by atoms with Crippen LogP contribution in [0.5, 0.6) is 0 Å². The summed E-state index contributed by atoms with van der Waals surface area (Å²) < 4.78 is 0.459. The number of carbonyl (C=O) groups excluding carboxylic acids is 1. The molecule has 102 valence electrons. The second kappa shape index (κ2) is 5.69. The maximum absolute atomic E-state index is 11.8. The van der Waals surface area contributed by atoms with Gasteiger partial charge in [-0.15, -0.1) is 0 Å². The standard InChI is InChI=1S/C13H15BrN2O3/c1-2-9-6-13(17)15(7-9)8-10-3-4-11(14)12(5-10)16(18)19/h3-5,9H,2,6-8H2,1H3. The van der Waals surface area contributed by atoms with Gasteiger partial charge >= 0.3 is 0 Å². The fourth-order valence-electron chi connectivity index (χ4n) is 2.30. The summed E-state index contributed by atoms with van der Waals surface area (Å²) in [5, 5.41) is 10.9. The summed E-state index contributed by atoms with van der Waals surface area (Å²) >= 11 is 3.15. The van der Waals surface area contributed by atoms with Crippen molar-refractivity contribution in [2.45, 2.75) is 26.3 Å². The Morgan fingerprint density at radius 3 is 2.84 bits per heavy atom. The number of nitro groups is 1. The second-order valence-electron chi connectivity index (χ2n) is 4.80. The molecular weight excluding hydrogens is 312 g/mol. The third-order valence-corrected chi connectivity index (χ3v) is 4.12. The molecule has 1 atom stereocenters. The van der Waals surface area contributed by atoms with Crippen molar-refractivity contribution in [3.05, 3.63) is 38.3 Å². The van der Waals surface area contributed by atoms with Crippen LogP contribution in [0.4, 0.5) is 5.69 Å². The maximum Gasteiger partial charge on any atom is 0.283 e. The molecule has 1 aliphatic rings. The molecular formula is C13H15BrN2O3. The van der Waals surface area contributed by atoms with Crippen LogP contribution in [0.2, 0.25) is 0 Å². The number of amides is 1. The van der Waals surface area contributed by atoms with Gasteiger partial charge in [0.05, 0.1) is 9.40 Å². The zero-order valence-corrected chi connectivity index (χ0v) is 12.2. The summed E-state index contributed by atoms with van der Waals surface area (Å²) in [5.74, 6) is 0.551. The highest BCUT2D eigenvalue weighted by Crippen LogP contribution is 2.28. The summed E-state index contributed by atoms with van der Waals surface area (Å²) in [7, 11) is 0. The van der Waals surface area contributed by atoms with Crippen LogP contribution in [0, 0.1) is 16.0 Å². The van der Waals surface area contributed by atoms with Crippen molar-refractivity contribution >= 4 is 27.5 Å². The zero-order chi connectivity index (χ0) is 14.0. The summed E-state index contributed by atoms with van der Waals surface area (Å²) in [6.45, 7) is 3.27. The van der Waals surface area contributed by atoms with E-state index in [-0.39, 0.29) is 11.6 Å². The molecule has 1 heterocycles. The van der Waals surface area contributed by atoms with E-state index >= 15 is 0 Å². The van der Waals surface area contributed by atoms with E-state index < -0.39 is 4.92 Å². The van der Waals surface area contributed by atoms with Gasteiger partial charge in [-0.2, -0.15) is 0 Å². The minimum absolute atomic E-state index is 0.0381. The van der Waals surface area contributed by atoms with Gasteiger partial charge in [0.2, 0.25) is 5.91 Å². The van der Waals surface area contributed by atoms with Gasteiger partial charge in [-0.3, -0.25) is 14.9 Å². The van der Waals surface area contributed by atoms with Crippen molar-refractivity contribution in [2.24, 2.45) is 5.92 Å². The Hall–Kier alpha value is -1.43. The van der Waals surface area contributed by atoms with Crippen LogP contribution in [0.15, 0.2) is 22.7 Å². The SMILES string of the molecule is CCC1CC(=O)N(Cc2ccc(Br)c([N+](=O)[O-])c2)C1. The number of nitrogens with zero attached hydrogens (tertiary/aromatic N) is 2. The predicted octanol–water partition coefficient (Wildman–Crippen LogP) is 3.12. The number of nitro benzene ring substituents is 1. The van der Waals surface area contributed by atoms with Gasteiger partial charge in [0.1, 0.15) is 0 Å². The van der Waals surface area contributed by atoms with Gasteiger partial charge in [-0.05, 0) is 33.5 Å². The molecule has 1 aromatic carbocycles. The average Bonchev–Trinajstić information content (AvgIpc) is 2.72. The molecule has 1 unspecified atom stereocenters. The molecule has 19 heavy (non-hydrogen) atoms. The lowest BCUT2D eigenvalue weighted by Gasteiger charge is -2.16. The molecule has 0 radical (unpaired) electrons. The molecule has 6 heteroatoms. The van der Waals surface area contributed by atoms with Crippen molar-refractivity contribution in [2.75, 3.05) is 6.54 Å². The molecule has 1 amide bonds. The zero-order valence-electron chi connectivity index (χ0n) is 10.6. The van der Waals surface area contributed by atoms with Gasteiger partial charge in [0, 0.05) is 25.6 Å². The molecule has 5 nitrogen and oxygen atoms in total. The van der Waals surface area contributed by atoms with Crippen molar-refractivity contribution in [3.63, 3.8) is 0 Å². The van der Waals surface area contributed by atoms with E-state index in [1.807, 2.05) is 6.07 Å². The van der Waals surface area contributed by atoms with E-state index in [4.69, 9.17) is 0 Å². The summed E-state index contributed by atoms with van der Waals surface area (Å²) in [5.41, 5.74) is 0.830. The molecule has 0 bridgehead atoms. The maximum atomic E-state index is 11.8. The molecule has 0 saturated carbocycles. The average molecular weight is 327 g/mol. The van der Waals surface area contributed by atoms with Crippen LogP contribution >= 0.6 is 15.9 Å². The third kappa shape index (κ3) is 3.12. The van der Waals surface area contributed by atoms with Crippen LogP contribution in [0.25, 0.3) is 0 Å². The smallest absolute Gasteiger partial charge is 0.283 e. The first-order valence-corrected chi connectivity index (χ1v) is 7.01. The predicted molar refractivity (Wildman–Crippen MR) is 74.6 cm³/mol. The normalized spacial score (nSPS) is 18.9. The Labute approximate surface area is 119 Å². The van der Waals surface area contributed by atoms with Gasteiger partial charge in [-0.1, -0.05) is 19.4 Å². The molecule has 1 aromatic rings. The Bertz CT molecular complexity index is 519. The molecule has 0 aliphatic carbocycles. The number of benzene rings is 1. The highest BCUT2D eigenvalue weighted by molar-refractivity contribution is 9.10. The lowest BCUT2D eigenvalue weighted by molar-refractivity contribution is -0.385. The summed E-state index contributed by atoms with van der Waals surface area (Å²) in [4.78, 5) is 24.0. The van der Waals surface area contributed by atoms with Crippen LogP contribution in [-0.2, 0) is 11.3 Å². The summed E-state index contributed by atoms with van der Waals surface area (Å²) in [6.07, 6.45) is 1.58. The highest BCUT2D eigenvalue weighted by Gasteiger charge is 2.28. The van der Waals surface area contributed by atoms with Gasteiger partial charge in [-0.25, -0.2) is 0 Å². The van der Waals surface area contributed by atoms with E-state index in [0.29, 0.717) is 23.4 Å². The summed E-state index contributed by atoms with van der Waals surface area (Å²) in [6, 6.07) is 4.99. The van der Waals surface area contributed by atoms with Gasteiger partial charge in [0.25, 0.3) is 5.69 Å². The fourth-order valence-corrected chi connectivity index (χ4v) is 2.69. The molecule has 1 fully saturated rings. The largest absolute Gasteiger partial charge is 0.338 e. The molecule has 2 rings (SSSR count). The van der Waals surface area contributed by atoms with Gasteiger partial charge < -0.3 is 4.90 Å². The van der Waals surface area contributed by atoms with Crippen molar-refractivity contribution in [1.29, 1.82) is 0 Å². The number of hydrogen-bond donors (Lipinski definition) is 0. The van der Waals surface area contributed by atoms with E-state index in [9.17, 15) is 14.9 Å². The van der Waals surface area contributed by atoms with E-state index in [0.717, 1.165) is 18.5 Å². The molecule has 1 aliphatic heterocycles. The number of halogens is 1. The molecule has 0 N–H and O–H groups in total. The van der Waals surface area contributed by atoms with E-state index in [1.165, 1.54) is 6.07 Å². The monoisotopic (exact) mass is 326 g/mol. The number of hydrogen-bond acceptors (Lipinski definition) is 3. The molecule has 0 spiro atoms. The topological polar surface area (TPSA) is 63.5 Å². The van der Waals surface area contributed by atoms with Crippen LogP contribution < -0.4 is 0 Å². The number of carbonyl (C=O) groups is 1. The van der Waals surface area contributed by atoms with Gasteiger partial charge in [0.15, 0.2) is 0 Å². The van der Waals surface area contributed by atoms with Crippen molar-refractivity contribution in [1.82, 2.24) is 4.90 Å². The minimum atomic E-state index is -0.422. The highest BCUT2D eigenvalue weighted by atomic mass is 79.9. The Kier molecular flexibility index (Phi) is 4.19. The van der Waals surface area contributed by atoms with Crippen molar-refractivity contribution in [3.8, 4) is 0 Å². The van der Waals surface area contributed by atoms with Crippen LogP contribution in [-0.4, -0.2) is 22.3 Å². The van der Waals surface area contributed by atoms with Crippen LogP contribution in [0.3, 0.4) is 0 Å². The third-order valence-electron chi connectivity index (χ3n) is 3.45. The lowest BCUT2D eigenvalue weighted by Crippen LogP contribution is -2.24. The fraction of sp³-hybridized carbons (Fsp3) is 0.462.